The van der Waals surface area contributed by atoms with Crippen LogP contribution in [-0.2, 0) is 26.0 Å². The zero-order valence-electron chi connectivity index (χ0n) is 16.4. The van der Waals surface area contributed by atoms with E-state index in [0.717, 1.165) is 16.3 Å². The Balaban J connectivity index is 2.50. The maximum Gasteiger partial charge on any atom is 0.324 e. The molecule has 0 aliphatic heterocycles. The number of methoxy groups -OCH3 is 1. The van der Waals surface area contributed by atoms with Crippen LogP contribution in [0.2, 0.25) is 0 Å². The van der Waals surface area contributed by atoms with E-state index >= 15 is 0 Å². The number of ether oxygens (including phenoxy) is 2. The van der Waals surface area contributed by atoms with Crippen LogP contribution in [0.15, 0.2) is 36.4 Å². The van der Waals surface area contributed by atoms with Crippen LogP contribution < -0.4 is 9.46 Å². The second-order valence-electron chi connectivity index (χ2n) is 7.21. The summed E-state index contributed by atoms with van der Waals surface area (Å²) in [5, 5.41) is 1.88. The molecular weight excluding hydrogens is 366 g/mol. The number of sulfonamides is 1. The molecule has 0 spiro atoms. The van der Waals surface area contributed by atoms with Gasteiger partial charge >= 0.3 is 5.97 Å². The van der Waals surface area contributed by atoms with Crippen LogP contribution in [-0.4, -0.2) is 38.9 Å². The highest BCUT2D eigenvalue weighted by atomic mass is 32.2. The molecule has 2 aromatic carbocycles. The molecule has 0 saturated carbocycles. The Bertz CT molecular complexity index is 916. The summed E-state index contributed by atoms with van der Waals surface area (Å²) < 4.78 is 37.3. The lowest BCUT2D eigenvalue weighted by atomic mass is 9.98. The van der Waals surface area contributed by atoms with Crippen molar-refractivity contribution in [2.24, 2.45) is 0 Å². The summed E-state index contributed by atoms with van der Waals surface area (Å²) in [4.78, 5) is 12.5. The average molecular weight is 394 g/mol. The quantitative estimate of drug-likeness (QED) is 0.731. The van der Waals surface area contributed by atoms with Crippen LogP contribution >= 0.6 is 0 Å². The average Bonchev–Trinajstić information content (AvgIpc) is 2.60. The number of rotatable bonds is 7. The Morgan fingerprint density at radius 3 is 2.41 bits per heavy atom. The normalized spacial score (nSPS) is 13.4. The van der Waals surface area contributed by atoms with Crippen LogP contribution in [0.3, 0.4) is 0 Å². The number of carbonyl (C=O) groups excluding carboxylic acids is 1. The van der Waals surface area contributed by atoms with E-state index in [1.54, 1.807) is 34.8 Å². The van der Waals surface area contributed by atoms with Gasteiger partial charge in [-0.1, -0.05) is 30.3 Å². The highest BCUT2D eigenvalue weighted by Crippen LogP contribution is 2.29. The third-order valence-electron chi connectivity index (χ3n) is 4.30. The largest absolute Gasteiger partial charge is 0.496 e. The smallest absolute Gasteiger partial charge is 0.324 e. The molecule has 0 bridgehead atoms. The van der Waals surface area contributed by atoms with E-state index in [4.69, 9.17) is 9.47 Å². The van der Waals surface area contributed by atoms with E-state index < -0.39 is 26.8 Å². The predicted molar refractivity (Wildman–Crippen MR) is 106 cm³/mol. The number of esters is 1. The third kappa shape index (κ3) is 4.78. The highest BCUT2D eigenvalue weighted by molar-refractivity contribution is 7.90. The Labute approximate surface area is 160 Å². The molecule has 0 unspecified atom stereocenters. The SMILES string of the molecule is CCOC(=O)[C@H](Cc1c(OC)ccc2ccccc12)NS(=O)(=O)C(C)(C)C. The molecule has 0 aliphatic carbocycles. The lowest BCUT2D eigenvalue weighted by Gasteiger charge is -2.25. The Morgan fingerprint density at radius 1 is 1.15 bits per heavy atom. The van der Waals surface area contributed by atoms with E-state index in [-0.39, 0.29) is 13.0 Å². The molecule has 1 N–H and O–H groups in total. The Kier molecular flexibility index (Phi) is 6.49. The lowest BCUT2D eigenvalue weighted by molar-refractivity contribution is -0.145. The van der Waals surface area contributed by atoms with Crippen LogP contribution in [0.5, 0.6) is 5.75 Å². The molecular formula is C20H27NO5S. The fourth-order valence-electron chi connectivity index (χ4n) is 2.70. The molecule has 0 amide bonds. The molecule has 0 heterocycles. The van der Waals surface area contributed by atoms with E-state index in [0.29, 0.717) is 5.75 Å². The van der Waals surface area contributed by atoms with Gasteiger partial charge in [0.15, 0.2) is 0 Å². The minimum absolute atomic E-state index is 0.124. The van der Waals surface area contributed by atoms with Crippen molar-refractivity contribution >= 4 is 26.8 Å². The van der Waals surface area contributed by atoms with E-state index in [9.17, 15) is 13.2 Å². The zero-order chi connectivity index (χ0) is 20.2. The molecule has 0 radical (unpaired) electrons. The van der Waals surface area contributed by atoms with Crippen molar-refractivity contribution < 1.29 is 22.7 Å². The fraction of sp³-hybridized carbons (Fsp3) is 0.450. The first-order valence-electron chi connectivity index (χ1n) is 8.84. The van der Waals surface area contributed by atoms with Gasteiger partial charge in [0.1, 0.15) is 11.8 Å². The van der Waals surface area contributed by atoms with E-state index in [1.165, 1.54) is 0 Å². The van der Waals surface area contributed by atoms with Crippen molar-refractivity contribution in [1.29, 1.82) is 0 Å². The second-order valence-corrected chi connectivity index (χ2v) is 9.68. The molecule has 6 nitrogen and oxygen atoms in total. The number of hydrogen-bond donors (Lipinski definition) is 1. The van der Waals surface area contributed by atoms with Crippen molar-refractivity contribution in [3.05, 3.63) is 42.0 Å². The van der Waals surface area contributed by atoms with Gasteiger partial charge in [0.2, 0.25) is 10.0 Å². The predicted octanol–water partition coefficient (Wildman–Crippen LogP) is 3.04. The van der Waals surface area contributed by atoms with Crippen molar-refractivity contribution in [1.82, 2.24) is 4.72 Å². The first-order chi connectivity index (χ1) is 12.6. The van der Waals surface area contributed by atoms with Crippen LogP contribution in [0.4, 0.5) is 0 Å². The van der Waals surface area contributed by atoms with Crippen molar-refractivity contribution in [3.8, 4) is 5.75 Å². The van der Waals surface area contributed by atoms with Gasteiger partial charge in [-0.2, -0.15) is 0 Å². The summed E-state index contributed by atoms with van der Waals surface area (Å²) in [5.41, 5.74) is 0.755. The van der Waals surface area contributed by atoms with Gasteiger partial charge in [0.25, 0.3) is 0 Å². The first kappa shape index (κ1) is 21.2. The van der Waals surface area contributed by atoms with Gasteiger partial charge in [-0.05, 0) is 44.5 Å². The number of hydrogen-bond acceptors (Lipinski definition) is 5. The zero-order valence-corrected chi connectivity index (χ0v) is 17.2. The second kappa shape index (κ2) is 8.27. The van der Waals surface area contributed by atoms with Gasteiger partial charge in [0.05, 0.1) is 18.5 Å². The van der Waals surface area contributed by atoms with E-state index in [2.05, 4.69) is 4.72 Å². The maximum atomic E-state index is 12.6. The highest BCUT2D eigenvalue weighted by Gasteiger charge is 2.35. The van der Waals surface area contributed by atoms with E-state index in [1.807, 2.05) is 36.4 Å². The molecule has 2 rings (SSSR count). The summed E-state index contributed by atoms with van der Waals surface area (Å²) >= 11 is 0. The van der Waals surface area contributed by atoms with Crippen molar-refractivity contribution in [2.45, 2.75) is 44.9 Å². The van der Waals surface area contributed by atoms with Gasteiger partial charge in [-0.15, -0.1) is 0 Å². The Morgan fingerprint density at radius 2 is 1.81 bits per heavy atom. The molecule has 1 atom stereocenters. The van der Waals surface area contributed by atoms with Crippen LogP contribution in [0.1, 0.15) is 33.3 Å². The summed E-state index contributed by atoms with van der Waals surface area (Å²) in [6.07, 6.45) is 0.124. The molecule has 0 aromatic heterocycles. The number of benzene rings is 2. The summed E-state index contributed by atoms with van der Waals surface area (Å²) in [6.45, 7) is 6.59. The molecule has 27 heavy (non-hydrogen) atoms. The molecule has 0 aliphatic rings. The van der Waals surface area contributed by atoms with Crippen molar-refractivity contribution in [2.75, 3.05) is 13.7 Å². The van der Waals surface area contributed by atoms with Gasteiger partial charge in [-0.25, -0.2) is 13.1 Å². The van der Waals surface area contributed by atoms with Gasteiger partial charge < -0.3 is 9.47 Å². The molecule has 148 valence electrons. The number of nitrogens with one attached hydrogen (secondary N) is 1. The van der Waals surface area contributed by atoms with Crippen LogP contribution in [0, 0.1) is 0 Å². The van der Waals surface area contributed by atoms with Crippen molar-refractivity contribution in [3.63, 3.8) is 0 Å². The maximum absolute atomic E-state index is 12.6. The monoisotopic (exact) mass is 393 g/mol. The number of carbonyl (C=O) groups is 1. The van der Waals surface area contributed by atoms with Crippen LogP contribution in [0.25, 0.3) is 10.8 Å². The number of fused-ring (bicyclic) bond motifs is 1. The molecule has 2 aromatic rings. The third-order valence-corrected chi connectivity index (χ3v) is 6.51. The fourth-order valence-corrected chi connectivity index (χ4v) is 3.61. The Hall–Kier alpha value is -2.12. The first-order valence-corrected chi connectivity index (χ1v) is 10.3. The standard InChI is InChI=1S/C20H27NO5S/c1-6-26-19(22)17(21-27(23,24)20(2,3)4)13-16-15-10-8-7-9-14(15)11-12-18(16)25-5/h7-12,17,21H,6,13H2,1-5H3/t17-/m0/s1. The summed E-state index contributed by atoms with van der Waals surface area (Å²) in [6, 6.07) is 10.4. The minimum Gasteiger partial charge on any atom is -0.496 e. The molecule has 0 saturated heterocycles. The minimum atomic E-state index is -3.74. The van der Waals surface area contributed by atoms with Gasteiger partial charge in [-0.3, -0.25) is 4.79 Å². The molecule has 7 heteroatoms. The molecule has 0 fully saturated rings. The topological polar surface area (TPSA) is 81.7 Å². The lowest BCUT2D eigenvalue weighted by Crippen LogP contribution is -2.49. The van der Waals surface area contributed by atoms with Gasteiger partial charge in [0, 0.05) is 12.0 Å². The summed E-state index contributed by atoms with van der Waals surface area (Å²) in [7, 11) is -2.20. The summed E-state index contributed by atoms with van der Waals surface area (Å²) in [5.74, 6) is -0.0155.